The van der Waals surface area contributed by atoms with Crippen LogP contribution in [0.25, 0.3) is 10.7 Å². The number of amides is 1. The zero-order chi connectivity index (χ0) is 18.0. The van der Waals surface area contributed by atoms with Crippen LogP contribution in [0.15, 0.2) is 34.3 Å². The van der Waals surface area contributed by atoms with Crippen LogP contribution >= 0.6 is 11.3 Å². The molecular weight excluding hydrogens is 350 g/mol. The Labute approximate surface area is 154 Å². The molecule has 0 spiro atoms. The minimum absolute atomic E-state index is 0.0766. The fourth-order valence-corrected chi connectivity index (χ4v) is 4.14. The Bertz CT molecular complexity index is 899. The molecule has 0 aromatic carbocycles. The largest absolute Gasteiger partial charge is 0.343 e. The highest BCUT2D eigenvalue weighted by Gasteiger charge is 2.41. The summed E-state index contributed by atoms with van der Waals surface area (Å²) in [6.45, 7) is 1.76. The molecule has 1 amide bonds. The van der Waals surface area contributed by atoms with E-state index in [0.717, 1.165) is 42.1 Å². The number of hydrogen-bond acceptors (Lipinski definition) is 7. The average molecular weight is 369 g/mol. The Morgan fingerprint density at radius 2 is 2.15 bits per heavy atom. The van der Waals surface area contributed by atoms with Crippen LogP contribution in [0, 0.1) is 6.92 Å². The summed E-state index contributed by atoms with van der Waals surface area (Å²) in [5, 5.41) is 9.92. The average Bonchev–Trinajstić information content (AvgIpc) is 3.37. The molecule has 134 valence electrons. The van der Waals surface area contributed by atoms with Crippen LogP contribution in [-0.2, 0) is 16.8 Å². The number of carbonyl (C=O) groups is 1. The number of hydrogen-bond donors (Lipinski definition) is 1. The van der Waals surface area contributed by atoms with Crippen molar-refractivity contribution < 1.29 is 9.32 Å². The molecule has 26 heavy (non-hydrogen) atoms. The first kappa shape index (κ1) is 16.8. The summed E-state index contributed by atoms with van der Waals surface area (Å²) >= 11 is 1.49. The zero-order valence-corrected chi connectivity index (χ0v) is 15.3. The summed E-state index contributed by atoms with van der Waals surface area (Å²) in [7, 11) is 0. The summed E-state index contributed by atoms with van der Waals surface area (Å²) < 4.78 is 5.12. The Morgan fingerprint density at radius 1 is 1.31 bits per heavy atom. The van der Waals surface area contributed by atoms with Crippen molar-refractivity contribution >= 4 is 17.2 Å². The first-order chi connectivity index (χ1) is 12.6. The maximum absolute atomic E-state index is 12.7. The van der Waals surface area contributed by atoms with E-state index in [9.17, 15) is 4.79 Å². The molecule has 0 saturated heterocycles. The molecule has 1 aliphatic rings. The second-order valence-electron chi connectivity index (χ2n) is 6.51. The van der Waals surface area contributed by atoms with Gasteiger partial charge in [-0.25, -0.2) is 4.98 Å². The van der Waals surface area contributed by atoms with E-state index in [2.05, 4.69) is 25.4 Å². The number of pyridine rings is 1. The van der Waals surface area contributed by atoms with Crippen molar-refractivity contribution in [2.75, 3.05) is 0 Å². The summed E-state index contributed by atoms with van der Waals surface area (Å²) in [6, 6.07) is 5.70. The van der Waals surface area contributed by atoms with Gasteiger partial charge in [0.1, 0.15) is 10.5 Å². The molecule has 1 N–H and O–H groups in total. The number of thiazole rings is 1. The predicted molar refractivity (Wildman–Crippen MR) is 96.4 cm³/mol. The molecule has 1 aliphatic carbocycles. The summed E-state index contributed by atoms with van der Waals surface area (Å²) in [6.07, 6.45) is 5.69. The quantitative estimate of drug-likeness (QED) is 0.743. The molecule has 3 aromatic heterocycles. The first-order valence-corrected chi connectivity index (χ1v) is 9.50. The normalized spacial score (nSPS) is 15.9. The van der Waals surface area contributed by atoms with Gasteiger partial charge in [0, 0.05) is 18.5 Å². The van der Waals surface area contributed by atoms with Crippen molar-refractivity contribution in [3.8, 4) is 10.7 Å². The fraction of sp³-hybridized carbons (Fsp3) is 0.389. The molecule has 0 unspecified atom stereocenters. The minimum atomic E-state index is -0.519. The smallest absolute Gasteiger partial charge is 0.226 e. The number of carbonyl (C=O) groups excluding carboxylic acids is 1. The van der Waals surface area contributed by atoms with Gasteiger partial charge in [-0.1, -0.05) is 24.1 Å². The van der Waals surface area contributed by atoms with Gasteiger partial charge in [-0.3, -0.25) is 9.78 Å². The van der Waals surface area contributed by atoms with E-state index in [4.69, 9.17) is 4.52 Å². The van der Waals surface area contributed by atoms with Crippen LogP contribution in [-0.4, -0.2) is 26.0 Å². The van der Waals surface area contributed by atoms with E-state index in [1.807, 2.05) is 23.6 Å². The lowest BCUT2D eigenvalue weighted by molar-refractivity contribution is -0.122. The maximum atomic E-state index is 12.7. The van der Waals surface area contributed by atoms with E-state index in [1.165, 1.54) is 11.3 Å². The third kappa shape index (κ3) is 3.37. The highest BCUT2D eigenvalue weighted by molar-refractivity contribution is 7.13. The first-order valence-electron chi connectivity index (χ1n) is 8.62. The molecule has 1 saturated carbocycles. The van der Waals surface area contributed by atoms with Gasteiger partial charge in [0.15, 0.2) is 5.82 Å². The molecule has 3 heterocycles. The highest BCUT2D eigenvalue weighted by atomic mass is 32.1. The topological polar surface area (TPSA) is 93.8 Å². The number of rotatable bonds is 5. The number of aromatic nitrogens is 4. The summed E-state index contributed by atoms with van der Waals surface area (Å²) in [5.41, 5.74) is 1.04. The maximum Gasteiger partial charge on any atom is 0.226 e. The van der Waals surface area contributed by atoms with Gasteiger partial charge in [0.05, 0.1) is 17.8 Å². The van der Waals surface area contributed by atoms with Crippen molar-refractivity contribution in [1.29, 1.82) is 0 Å². The van der Waals surface area contributed by atoms with Crippen LogP contribution in [0.1, 0.15) is 43.1 Å². The summed E-state index contributed by atoms with van der Waals surface area (Å²) in [5.74, 6) is 1.01. The van der Waals surface area contributed by atoms with Crippen LogP contribution < -0.4 is 5.32 Å². The molecule has 1 fully saturated rings. The fourth-order valence-electron chi connectivity index (χ4n) is 3.35. The van der Waals surface area contributed by atoms with Crippen LogP contribution in [0.5, 0.6) is 0 Å². The Kier molecular flexibility index (Phi) is 4.50. The lowest BCUT2D eigenvalue weighted by Crippen LogP contribution is -2.45. The van der Waals surface area contributed by atoms with Crippen LogP contribution in [0.3, 0.4) is 0 Å². The molecule has 0 atom stereocenters. The Morgan fingerprint density at radius 3 is 2.85 bits per heavy atom. The van der Waals surface area contributed by atoms with E-state index < -0.39 is 5.54 Å². The molecule has 3 aromatic rings. The lowest BCUT2D eigenvalue weighted by atomic mass is 9.96. The van der Waals surface area contributed by atoms with Gasteiger partial charge in [-0.05, 0) is 25.0 Å². The van der Waals surface area contributed by atoms with Gasteiger partial charge in [-0.2, -0.15) is 4.98 Å². The molecule has 4 rings (SSSR count). The van der Waals surface area contributed by atoms with Crippen molar-refractivity contribution in [2.45, 2.75) is 44.6 Å². The van der Waals surface area contributed by atoms with Crippen molar-refractivity contribution in [1.82, 2.24) is 25.4 Å². The monoisotopic (exact) mass is 369 g/mol. The standard InChI is InChI=1S/C18H19N5O2S/c1-12-20-17(23-25-12)18(7-3-4-8-18)22-15(24)10-13-11-26-16(21-13)14-6-2-5-9-19-14/h2,5-6,9,11H,3-4,7-8,10H2,1H3,(H,22,24). The highest BCUT2D eigenvalue weighted by Crippen LogP contribution is 2.37. The van der Waals surface area contributed by atoms with Crippen molar-refractivity contribution in [3.05, 3.63) is 47.2 Å². The second-order valence-corrected chi connectivity index (χ2v) is 7.37. The second kappa shape index (κ2) is 6.95. The van der Waals surface area contributed by atoms with E-state index in [1.54, 1.807) is 13.1 Å². The third-order valence-corrected chi connectivity index (χ3v) is 5.48. The predicted octanol–water partition coefficient (Wildman–Crippen LogP) is 3.02. The van der Waals surface area contributed by atoms with Gasteiger partial charge in [0.2, 0.25) is 11.8 Å². The Balaban J connectivity index is 1.47. The van der Waals surface area contributed by atoms with Crippen LogP contribution in [0.4, 0.5) is 0 Å². The molecular formula is C18H19N5O2S. The van der Waals surface area contributed by atoms with Gasteiger partial charge in [-0.15, -0.1) is 11.3 Å². The number of nitrogens with one attached hydrogen (secondary N) is 1. The van der Waals surface area contributed by atoms with Gasteiger partial charge < -0.3 is 9.84 Å². The van der Waals surface area contributed by atoms with Gasteiger partial charge in [0.25, 0.3) is 0 Å². The van der Waals surface area contributed by atoms with Gasteiger partial charge >= 0.3 is 0 Å². The van der Waals surface area contributed by atoms with E-state index in [0.29, 0.717) is 11.7 Å². The Hall–Kier alpha value is -2.61. The number of aryl methyl sites for hydroxylation is 1. The van der Waals surface area contributed by atoms with Crippen molar-refractivity contribution in [2.24, 2.45) is 0 Å². The molecule has 0 radical (unpaired) electrons. The molecule has 7 nitrogen and oxygen atoms in total. The van der Waals surface area contributed by atoms with Crippen molar-refractivity contribution in [3.63, 3.8) is 0 Å². The zero-order valence-electron chi connectivity index (χ0n) is 14.4. The minimum Gasteiger partial charge on any atom is -0.343 e. The van der Waals surface area contributed by atoms with E-state index in [-0.39, 0.29) is 12.3 Å². The van der Waals surface area contributed by atoms with Crippen LogP contribution in [0.2, 0.25) is 0 Å². The third-order valence-electron chi connectivity index (χ3n) is 4.57. The lowest BCUT2D eigenvalue weighted by Gasteiger charge is -2.26. The summed E-state index contributed by atoms with van der Waals surface area (Å²) in [4.78, 5) is 25.8. The molecule has 8 heteroatoms. The SMILES string of the molecule is Cc1nc(C2(NC(=O)Cc3csc(-c4ccccn4)n3)CCCC2)no1. The molecule has 0 bridgehead atoms. The van der Waals surface area contributed by atoms with E-state index >= 15 is 0 Å². The molecule has 0 aliphatic heterocycles. The number of nitrogens with zero attached hydrogens (tertiary/aromatic N) is 4.